The van der Waals surface area contributed by atoms with Gasteiger partial charge < -0.3 is 15.0 Å². The van der Waals surface area contributed by atoms with E-state index in [0.29, 0.717) is 18.4 Å². The number of esters is 1. The number of piperazine rings is 1. The Bertz CT molecular complexity index is 461. The molecule has 2 saturated heterocycles. The molecule has 0 spiro atoms. The molecule has 2 heterocycles. The number of fused-ring (bicyclic) bond motifs is 1. The Kier molecular flexibility index (Phi) is 3.94. The van der Waals surface area contributed by atoms with Crippen LogP contribution in [0.2, 0.25) is 0 Å². The van der Waals surface area contributed by atoms with Crippen molar-refractivity contribution >= 4 is 5.97 Å². The Labute approximate surface area is 120 Å². The molecule has 4 heteroatoms. The number of hydrogen-bond donors (Lipinski definition) is 1. The minimum atomic E-state index is -0.132. The molecule has 20 heavy (non-hydrogen) atoms. The summed E-state index contributed by atoms with van der Waals surface area (Å²) in [6, 6.07) is 0. The van der Waals surface area contributed by atoms with Gasteiger partial charge >= 0.3 is 5.97 Å². The van der Waals surface area contributed by atoms with Gasteiger partial charge in [0.15, 0.2) is 0 Å². The number of carbonyl (C=O) groups is 1. The molecule has 0 amide bonds. The van der Waals surface area contributed by atoms with Gasteiger partial charge in [0.2, 0.25) is 0 Å². The monoisotopic (exact) mass is 276 g/mol. The van der Waals surface area contributed by atoms with Crippen molar-refractivity contribution in [3.8, 4) is 0 Å². The number of nitrogens with zero attached hydrogens (tertiary/aromatic N) is 1. The molecule has 0 saturated carbocycles. The van der Waals surface area contributed by atoms with Crippen molar-refractivity contribution in [2.45, 2.75) is 20.3 Å². The fraction of sp³-hybridized carbons (Fsp3) is 0.688. The molecule has 0 bridgehead atoms. The zero-order valence-corrected chi connectivity index (χ0v) is 12.4. The van der Waals surface area contributed by atoms with Gasteiger partial charge in [0, 0.05) is 38.3 Å². The first-order valence-electron chi connectivity index (χ1n) is 7.67. The molecular weight excluding hydrogens is 252 g/mol. The summed E-state index contributed by atoms with van der Waals surface area (Å²) in [5, 5.41) is 3.40. The Hall–Kier alpha value is -1.13. The predicted octanol–water partition coefficient (Wildman–Crippen LogP) is 1.35. The van der Waals surface area contributed by atoms with Crippen LogP contribution in [0.1, 0.15) is 20.3 Å². The number of nitrogens with one attached hydrogen (secondary N) is 1. The summed E-state index contributed by atoms with van der Waals surface area (Å²) in [6.07, 6.45) is 3.07. The van der Waals surface area contributed by atoms with E-state index in [0.717, 1.165) is 50.3 Å². The third-order valence-corrected chi connectivity index (χ3v) is 4.94. The van der Waals surface area contributed by atoms with E-state index in [1.54, 1.807) is 0 Å². The van der Waals surface area contributed by atoms with Gasteiger partial charge in [-0.05, 0) is 25.2 Å². The molecule has 0 aromatic carbocycles. The van der Waals surface area contributed by atoms with Crippen LogP contribution >= 0.6 is 0 Å². The molecule has 0 radical (unpaired) electrons. The molecule has 0 aromatic rings. The maximum atomic E-state index is 11.6. The smallest absolute Gasteiger partial charge is 0.338 e. The van der Waals surface area contributed by atoms with Crippen LogP contribution < -0.4 is 5.32 Å². The van der Waals surface area contributed by atoms with Crippen LogP contribution in [-0.4, -0.2) is 50.2 Å². The molecule has 4 nitrogen and oxygen atoms in total. The Morgan fingerprint density at radius 3 is 2.95 bits per heavy atom. The third-order valence-electron chi connectivity index (χ3n) is 4.94. The molecule has 2 aliphatic heterocycles. The lowest BCUT2D eigenvalue weighted by Gasteiger charge is -2.34. The van der Waals surface area contributed by atoms with Crippen molar-refractivity contribution in [2.75, 3.05) is 39.3 Å². The van der Waals surface area contributed by atoms with E-state index in [-0.39, 0.29) is 5.97 Å². The van der Waals surface area contributed by atoms with Crippen molar-refractivity contribution in [2.24, 2.45) is 11.8 Å². The zero-order chi connectivity index (χ0) is 14.1. The van der Waals surface area contributed by atoms with Gasteiger partial charge in [0.25, 0.3) is 0 Å². The summed E-state index contributed by atoms with van der Waals surface area (Å²) >= 11 is 0. The van der Waals surface area contributed by atoms with Crippen LogP contribution in [0.15, 0.2) is 22.8 Å². The van der Waals surface area contributed by atoms with Crippen molar-refractivity contribution in [1.82, 2.24) is 10.2 Å². The largest absolute Gasteiger partial charge is 0.457 e. The molecule has 1 N–H and O–H groups in total. The van der Waals surface area contributed by atoms with Gasteiger partial charge in [-0.15, -0.1) is 0 Å². The third kappa shape index (κ3) is 2.54. The van der Waals surface area contributed by atoms with E-state index >= 15 is 0 Å². The Morgan fingerprint density at radius 2 is 2.20 bits per heavy atom. The molecule has 110 valence electrons. The SMILES string of the molecule is CC1=C2COC(=O)C2=CCC1C(C)CN1CCNCC1. The number of ether oxygens (including phenoxy) is 1. The molecule has 3 rings (SSSR count). The lowest BCUT2D eigenvalue weighted by atomic mass is 9.77. The summed E-state index contributed by atoms with van der Waals surface area (Å²) in [5.41, 5.74) is 3.35. The van der Waals surface area contributed by atoms with Crippen LogP contribution in [0.3, 0.4) is 0 Å². The van der Waals surface area contributed by atoms with E-state index in [1.165, 1.54) is 5.57 Å². The lowest BCUT2D eigenvalue weighted by molar-refractivity contribution is -0.135. The second-order valence-electron chi connectivity index (χ2n) is 6.23. The quantitative estimate of drug-likeness (QED) is 0.790. The van der Waals surface area contributed by atoms with Crippen molar-refractivity contribution in [1.29, 1.82) is 0 Å². The highest BCUT2D eigenvalue weighted by molar-refractivity contribution is 5.97. The highest BCUT2D eigenvalue weighted by Gasteiger charge is 2.33. The first-order chi connectivity index (χ1) is 9.66. The fourth-order valence-electron chi connectivity index (χ4n) is 3.68. The van der Waals surface area contributed by atoms with E-state index in [1.807, 2.05) is 0 Å². The summed E-state index contributed by atoms with van der Waals surface area (Å²) in [5.74, 6) is 1.04. The van der Waals surface area contributed by atoms with Gasteiger partial charge in [-0.25, -0.2) is 4.79 Å². The first kappa shape index (κ1) is 13.8. The van der Waals surface area contributed by atoms with Gasteiger partial charge in [0.1, 0.15) is 6.61 Å². The number of rotatable bonds is 3. The summed E-state index contributed by atoms with van der Waals surface area (Å²) < 4.78 is 5.16. The minimum absolute atomic E-state index is 0.132. The minimum Gasteiger partial charge on any atom is -0.457 e. The van der Waals surface area contributed by atoms with E-state index < -0.39 is 0 Å². The van der Waals surface area contributed by atoms with Crippen LogP contribution in [0, 0.1) is 11.8 Å². The molecule has 3 aliphatic rings. The predicted molar refractivity (Wildman–Crippen MR) is 78.3 cm³/mol. The van der Waals surface area contributed by atoms with Gasteiger partial charge in [-0.2, -0.15) is 0 Å². The van der Waals surface area contributed by atoms with Crippen LogP contribution in [0.5, 0.6) is 0 Å². The average molecular weight is 276 g/mol. The second-order valence-corrected chi connectivity index (χ2v) is 6.23. The number of cyclic esters (lactones) is 1. The molecular formula is C16H24N2O2. The normalized spacial score (nSPS) is 29.0. The van der Waals surface area contributed by atoms with E-state index in [4.69, 9.17) is 4.74 Å². The summed E-state index contributed by atoms with van der Waals surface area (Å²) in [4.78, 5) is 14.2. The van der Waals surface area contributed by atoms with Gasteiger partial charge in [-0.1, -0.05) is 18.6 Å². The zero-order valence-electron chi connectivity index (χ0n) is 12.4. The van der Waals surface area contributed by atoms with Crippen LogP contribution in [0.25, 0.3) is 0 Å². The standard InChI is InChI=1S/C16H24N2O2/c1-11(9-18-7-5-17-6-8-18)13-3-4-14-15(12(13)2)10-20-16(14)19/h4,11,13,17H,3,5-10H2,1-2H3. The maximum absolute atomic E-state index is 11.6. The van der Waals surface area contributed by atoms with E-state index in [2.05, 4.69) is 30.1 Å². The van der Waals surface area contributed by atoms with Crippen molar-refractivity contribution in [3.05, 3.63) is 22.8 Å². The molecule has 2 fully saturated rings. The van der Waals surface area contributed by atoms with Crippen LogP contribution in [0.4, 0.5) is 0 Å². The number of carbonyl (C=O) groups excluding carboxylic acids is 1. The topological polar surface area (TPSA) is 41.6 Å². The highest BCUT2D eigenvalue weighted by Crippen LogP contribution is 2.37. The highest BCUT2D eigenvalue weighted by atomic mass is 16.5. The fourth-order valence-corrected chi connectivity index (χ4v) is 3.68. The van der Waals surface area contributed by atoms with Gasteiger partial charge in [-0.3, -0.25) is 0 Å². The average Bonchev–Trinajstić information content (AvgIpc) is 2.83. The van der Waals surface area contributed by atoms with Crippen molar-refractivity contribution < 1.29 is 9.53 Å². The van der Waals surface area contributed by atoms with E-state index in [9.17, 15) is 4.79 Å². The van der Waals surface area contributed by atoms with Crippen molar-refractivity contribution in [3.63, 3.8) is 0 Å². The molecule has 2 unspecified atom stereocenters. The number of hydrogen-bond acceptors (Lipinski definition) is 4. The van der Waals surface area contributed by atoms with Gasteiger partial charge in [0.05, 0.1) is 5.57 Å². The second kappa shape index (κ2) is 5.70. The molecule has 0 aromatic heterocycles. The maximum Gasteiger partial charge on any atom is 0.338 e. The Balaban J connectivity index is 1.67. The van der Waals surface area contributed by atoms with Crippen LogP contribution in [-0.2, 0) is 9.53 Å². The number of allylic oxidation sites excluding steroid dienone is 2. The lowest BCUT2D eigenvalue weighted by Crippen LogP contribution is -2.45. The first-order valence-corrected chi connectivity index (χ1v) is 7.67. The summed E-state index contributed by atoms with van der Waals surface area (Å²) in [7, 11) is 0. The molecule has 1 aliphatic carbocycles. The Morgan fingerprint density at radius 1 is 1.45 bits per heavy atom. The summed E-state index contributed by atoms with van der Waals surface area (Å²) in [6.45, 7) is 10.6. The molecule has 2 atom stereocenters.